The Hall–Kier alpha value is -1.91. The molecule has 0 fully saturated rings. The first-order valence-corrected chi connectivity index (χ1v) is 7.42. The van der Waals surface area contributed by atoms with E-state index in [2.05, 4.69) is 0 Å². The third-order valence-electron chi connectivity index (χ3n) is 3.95. The number of hydrogen-bond acceptors (Lipinski definition) is 2. The number of benzene rings is 2. The van der Waals surface area contributed by atoms with Gasteiger partial charge in [-0.15, -0.1) is 0 Å². The van der Waals surface area contributed by atoms with E-state index in [1.54, 1.807) is 6.07 Å². The van der Waals surface area contributed by atoms with Gasteiger partial charge in [0.25, 0.3) is 5.91 Å². The SMILES string of the molecule is Cc1cccc2c1N(C(=O)c1c(F)cccc1Cl)CCC2O. The zero-order chi connectivity index (χ0) is 15.9. The van der Waals surface area contributed by atoms with Crippen molar-refractivity contribution >= 4 is 23.2 Å². The maximum Gasteiger partial charge on any atom is 0.262 e. The molecule has 3 nitrogen and oxygen atoms in total. The quantitative estimate of drug-likeness (QED) is 0.866. The highest BCUT2D eigenvalue weighted by molar-refractivity contribution is 6.34. The van der Waals surface area contributed by atoms with Crippen LogP contribution in [0.15, 0.2) is 36.4 Å². The molecule has 3 rings (SSSR count). The first kappa shape index (κ1) is 15.0. The molecule has 1 N–H and O–H groups in total. The summed E-state index contributed by atoms with van der Waals surface area (Å²) in [6.45, 7) is 2.18. The lowest BCUT2D eigenvalue weighted by molar-refractivity contribution is 0.0966. The Morgan fingerprint density at radius 1 is 1.32 bits per heavy atom. The molecule has 0 radical (unpaired) electrons. The number of carbonyl (C=O) groups is 1. The van der Waals surface area contributed by atoms with Gasteiger partial charge in [-0.2, -0.15) is 0 Å². The summed E-state index contributed by atoms with van der Waals surface area (Å²) < 4.78 is 14.0. The molecule has 22 heavy (non-hydrogen) atoms. The van der Waals surface area contributed by atoms with E-state index < -0.39 is 17.8 Å². The number of fused-ring (bicyclic) bond motifs is 1. The Labute approximate surface area is 132 Å². The molecule has 2 aromatic rings. The Bertz CT molecular complexity index is 727. The first-order valence-electron chi connectivity index (χ1n) is 7.04. The van der Waals surface area contributed by atoms with Gasteiger partial charge in [-0.1, -0.05) is 35.9 Å². The van der Waals surface area contributed by atoms with E-state index in [4.69, 9.17) is 11.6 Å². The van der Waals surface area contributed by atoms with Crippen molar-refractivity contribution in [3.8, 4) is 0 Å². The summed E-state index contributed by atoms with van der Waals surface area (Å²) in [7, 11) is 0. The van der Waals surface area contributed by atoms with E-state index in [9.17, 15) is 14.3 Å². The van der Waals surface area contributed by atoms with Gasteiger partial charge in [0.15, 0.2) is 0 Å². The summed E-state index contributed by atoms with van der Waals surface area (Å²) in [6, 6.07) is 9.66. The van der Waals surface area contributed by atoms with Gasteiger partial charge < -0.3 is 10.0 Å². The highest BCUT2D eigenvalue weighted by Gasteiger charge is 2.31. The number of aryl methyl sites for hydroxylation is 1. The molecule has 1 atom stereocenters. The number of hydrogen-bond donors (Lipinski definition) is 1. The van der Waals surface area contributed by atoms with Crippen LogP contribution >= 0.6 is 11.6 Å². The van der Waals surface area contributed by atoms with Crippen LogP contribution in [0.2, 0.25) is 5.02 Å². The van der Waals surface area contributed by atoms with Crippen molar-refractivity contribution in [3.05, 3.63) is 63.9 Å². The van der Waals surface area contributed by atoms with Crippen LogP contribution in [-0.4, -0.2) is 17.6 Å². The molecule has 5 heteroatoms. The zero-order valence-corrected chi connectivity index (χ0v) is 12.8. The molecule has 1 aliphatic heterocycles. The van der Waals surface area contributed by atoms with Crippen molar-refractivity contribution in [2.24, 2.45) is 0 Å². The van der Waals surface area contributed by atoms with Crippen molar-refractivity contribution in [2.75, 3.05) is 11.4 Å². The summed E-state index contributed by atoms with van der Waals surface area (Å²) in [5.41, 5.74) is 2.06. The van der Waals surface area contributed by atoms with Gasteiger partial charge >= 0.3 is 0 Å². The van der Waals surface area contributed by atoms with Gasteiger partial charge in [0.05, 0.1) is 22.4 Å². The lowest BCUT2D eigenvalue weighted by atomic mass is 9.95. The van der Waals surface area contributed by atoms with Gasteiger partial charge in [0.2, 0.25) is 0 Å². The number of para-hydroxylation sites is 1. The van der Waals surface area contributed by atoms with Crippen molar-refractivity contribution in [2.45, 2.75) is 19.4 Å². The molecule has 0 aliphatic carbocycles. The second-order valence-electron chi connectivity index (χ2n) is 5.37. The minimum absolute atomic E-state index is 0.0891. The van der Waals surface area contributed by atoms with Gasteiger partial charge in [0, 0.05) is 12.1 Å². The van der Waals surface area contributed by atoms with Crippen molar-refractivity contribution < 1.29 is 14.3 Å². The predicted octanol–water partition coefficient (Wildman–Crippen LogP) is 3.87. The topological polar surface area (TPSA) is 40.5 Å². The highest BCUT2D eigenvalue weighted by atomic mass is 35.5. The number of anilines is 1. The van der Waals surface area contributed by atoms with E-state index in [-0.39, 0.29) is 10.6 Å². The Kier molecular flexibility index (Phi) is 3.89. The Balaban J connectivity index is 2.11. The minimum atomic E-state index is -0.640. The third kappa shape index (κ3) is 2.38. The molecule has 1 aliphatic rings. The number of amides is 1. The average molecular weight is 320 g/mol. The molecule has 0 saturated heterocycles. The molecular weight excluding hydrogens is 305 g/mol. The van der Waals surface area contributed by atoms with E-state index >= 15 is 0 Å². The maximum atomic E-state index is 14.0. The number of halogens is 2. The molecule has 0 bridgehead atoms. The van der Waals surface area contributed by atoms with Crippen LogP contribution in [0.25, 0.3) is 0 Å². The van der Waals surface area contributed by atoms with Crippen LogP contribution in [0.4, 0.5) is 10.1 Å². The van der Waals surface area contributed by atoms with Crippen LogP contribution < -0.4 is 4.90 Å². The summed E-state index contributed by atoms with van der Waals surface area (Å²) in [5.74, 6) is -1.12. The summed E-state index contributed by atoms with van der Waals surface area (Å²) in [6.07, 6.45) is -0.205. The average Bonchev–Trinajstić information content (AvgIpc) is 2.48. The van der Waals surface area contributed by atoms with Crippen LogP contribution in [0, 0.1) is 12.7 Å². The fourth-order valence-corrected chi connectivity index (χ4v) is 3.12. The molecule has 114 valence electrons. The number of aliphatic hydroxyl groups excluding tert-OH is 1. The van der Waals surface area contributed by atoms with Crippen LogP contribution in [0.1, 0.15) is 34.0 Å². The molecule has 0 saturated carbocycles. The molecule has 0 aromatic heterocycles. The fraction of sp³-hybridized carbons (Fsp3) is 0.235. The van der Waals surface area contributed by atoms with Crippen molar-refractivity contribution in [3.63, 3.8) is 0 Å². The van der Waals surface area contributed by atoms with Crippen LogP contribution in [-0.2, 0) is 0 Å². The summed E-state index contributed by atoms with van der Waals surface area (Å²) in [4.78, 5) is 14.3. The third-order valence-corrected chi connectivity index (χ3v) is 4.26. The summed E-state index contributed by atoms with van der Waals surface area (Å²) >= 11 is 6.00. The van der Waals surface area contributed by atoms with Crippen LogP contribution in [0.5, 0.6) is 0 Å². The molecule has 1 amide bonds. The molecule has 2 aromatic carbocycles. The van der Waals surface area contributed by atoms with Gasteiger partial charge in [0.1, 0.15) is 5.82 Å². The second-order valence-corrected chi connectivity index (χ2v) is 5.78. The summed E-state index contributed by atoms with van der Waals surface area (Å²) in [5, 5.41) is 10.2. The van der Waals surface area contributed by atoms with E-state index in [0.29, 0.717) is 24.2 Å². The Morgan fingerprint density at radius 3 is 2.77 bits per heavy atom. The number of carbonyl (C=O) groups excluding carboxylic acids is 1. The van der Waals surface area contributed by atoms with Gasteiger partial charge in [-0.3, -0.25) is 4.79 Å². The van der Waals surface area contributed by atoms with Gasteiger partial charge in [-0.25, -0.2) is 4.39 Å². The number of nitrogens with zero attached hydrogens (tertiary/aromatic N) is 1. The molecular formula is C17H15ClFNO2. The largest absolute Gasteiger partial charge is 0.388 e. The first-order chi connectivity index (χ1) is 10.5. The van der Waals surface area contributed by atoms with Crippen molar-refractivity contribution in [1.29, 1.82) is 0 Å². The molecule has 1 heterocycles. The lowest BCUT2D eigenvalue weighted by Crippen LogP contribution is -2.38. The van der Waals surface area contributed by atoms with Crippen LogP contribution in [0.3, 0.4) is 0 Å². The number of rotatable bonds is 1. The lowest BCUT2D eigenvalue weighted by Gasteiger charge is -2.33. The smallest absolute Gasteiger partial charge is 0.262 e. The highest BCUT2D eigenvalue weighted by Crippen LogP contribution is 2.37. The Morgan fingerprint density at radius 2 is 2.05 bits per heavy atom. The fourth-order valence-electron chi connectivity index (χ4n) is 2.88. The normalized spacial score (nSPS) is 17.3. The van der Waals surface area contributed by atoms with E-state index in [0.717, 1.165) is 5.56 Å². The monoisotopic (exact) mass is 319 g/mol. The van der Waals surface area contributed by atoms with E-state index in [1.165, 1.54) is 23.1 Å². The van der Waals surface area contributed by atoms with Gasteiger partial charge in [-0.05, 0) is 31.0 Å². The molecule has 1 unspecified atom stereocenters. The minimum Gasteiger partial charge on any atom is -0.388 e. The number of aliphatic hydroxyl groups is 1. The van der Waals surface area contributed by atoms with Crippen molar-refractivity contribution in [1.82, 2.24) is 0 Å². The standard InChI is InChI=1S/C17H15ClFNO2/c1-10-4-2-5-11-14(21)8-9-20(16(10)11)17(22)15-12(18)6-3-7-13(15)19/h2-7,14,21H,8-9H2,1H3. The zero-order valence-electron chi connectivity index (χ0n) is 12.0. The predicted molar refractivity (Wildman–Crippen MR) is 83.8 cm³/mol. The van der Waals surface area contributed by atoms with E-state index in [1.807, 2.05) is 19.1 Å². The molecule has 0 spiro atoms. The second kappa shape index (κ2) is 5.71. The maximum absolute atomic E-state index is 14.0.